The van der Waals surface area contributed by atoms with E-state index in [0.717, 1.165) is 51.9 Å². The van der Waals surface area contributed by atoms with Crippen molar-refractivity contribution < 1.29 is 19.0 Å². The van der Waals surface area contributed by atoms with Crippen molar-refractivity contribution in [2.24, 2.45) is 0 Å². The smallest absolute Gasteiger partial charge is 0.305 e. The third-order valence-corrected chi connectivity index (χ3v) is 6.80. The van der Waals surface area contributed by atoms with Crippen LogP contribution in [0.5, 0.6) is 0 Å². The average Bonchev–Trinajstić information content (AvgIpc) is 2.87. The van der Waals surface area contributed by atoms with E-state index in [1.54, 1.807) is 0 Å². The molecule has 0 aliphatic rings. The van der Waals surface area contributed by atoms with Crippen LogP contribution >= 0.6 is 0 Å². The van der Waals surface area contributed by atoms with Gasteiger partial charge in [0.2, 0.25) is 0 Å². The fourth-order valence-corrected chi connectivity index (χ4v) is 4.17. The minimum atomic E-state index is -0.114. The highest BCUT2D eigenvalue weighted by molar-refractivity contribution is 5.68. The molecule has 0 aromatic carbocycles. The molecule has 1 atom stereocenters. The number of likely N-dealkylation sites (N-methyl/N-ethyl adjacent to an activating group) is 1. The first-order chi connectivity index (χ1) is 17.6. The van der Waals surface area contributed by atoms with Crippen LogP contribution in [0.1, 0.15) is 129 Å². The lowest BCUT2D eigenvalue weighted by Gasteiger charge is -2.24. The molecule has 0 rings (SSSR count). The van der Waals surface area contributed by atoms with Gasteiger partial charge in [0.05, 0.1) is 26.4 Å². The summed E-state index contributed by atoms with van der Waals surface area (Å²) in [5, 5.41) is 0. The van der Waals surface area contributed by atoms with Crippen LogP contribution in [-0.4, -0.2) is 64.5 Å². The van der Waals surface area contributed by atoms with Gasteiger partial charge in [0.15, 0.2) is 0 Å². The zero-order valence-corrected chi connectivity index (χ0v) is 24.6. The average molecular weight is 512 g/mol. The summed E-state index contributed by atoms with van der Waals surface area (Å²) in [5.74, 6) is -0.114. The van der Waals surface area contributed by atoms with E-state index in [9.17, 15) is 4.79 Å². The fourth-order valence-electron chi connectivity index (χ4n) is 4.17. The Bertz CT molecular complexity index is 481. The van der Waals surface area contributed by atoms with Crippen molar-refractivity contribution in [2.45, 2.75) is 135 Å². The number of carbonyl (C=O) groups excluding carboxylic acids is 1. The lowest BCUT2D eigenvalue weighted by molar-refractivity contribution is -0.140. The summed E-state index contributed by atoms with van der Waals surface area (Å²) in [5.41, 5.74) is 0. The highest BCUT2D eigenvalue weighted by atomic mass is 16.5. The molecular formula is C31H61NO4. The second-order valence-electron chi connectivity index (χ2n) is 10.4. The molecule has 0 aromatic heterocycles. The monoisotopic (exact) mass is 511 g/mol. The predicted octanol–water partition coefficient (Wildman–Crippen LogP) is 8.11. The Morgan fingerprint density at radius 1 is 0.667 bits per heavy atom. The molecule has 0 aromatic rings. The minimum Gasteiger partial charge on any atom is -0.469 e. The Labute approximate surface area is 224 Å². The zero-order valence-electron chi connectivity index (χ0n) is 24.6. The summed E-state index contributed by atoms with van der Waals surface area (Å²) < 4.78 is 16.5. The van der Waals surface area contributed by atoms with Crippen LogP contribution < -0.4 is 0 Å². The van der Waals surface area contributed by atoms with Crippen LogP contribution in [0.2, 0.25) is 0 Å². The van der Waals surface area contributed by atoms with E-state index < -0.39 is 0 Å². The van der Waals surface area contributed by atoms with Crippen molar-refractivity contribution in [3.05, 3.63) is 12.2 Å². The fraction of sp³-hybridized carbons (Fsp3) is 0.903. The first kappa shape index (κ1) is 35.1. The number of methoxy groups -OCH3 is 1. The normalized spacial score (nSPS) is 12.6. The molecule has 0 aliphatic carbocycles. The van der Waals surface area contributed by atoms with Gasteiger partial charge in [0.1, 0.15) is 0 Å². The van der Waals surface area contributed by atoms with Crippen molar-refractivity contribution in [1.82, 2.24) is 4.90 Å². The SMILES string of the molecule is CCCCCCCCC=CCCCCCCCCOCC(COCCCCCCC(=O)OC)N(C)C. The van der Waals surface area contributed by atoms with Crippen LogP contribution in [0.4, 0.5) is 0 Å². The number of unbranched alkanes of at least 4 members (excludes halogenated alkanes) is 15. The number of esters is 1. The summed E-state index contributed by atoms with van der Waals surface area (Å²) in [6.45, 7) is 5.35. The summed E-state index contributed by atoms with van der Waals surface area (Å²) in [7, 11) is 5.63. The molecule has 0 aliphatic heterocycles. The molecule has 0 amide bonds. The number of carbonyl (C=O) groups is 1. The van der Waals surface area contributed by atoms with Crippen LogP contribution in [0, 0.1) is 0 Å². The number of hydrogen-bond donors (Lipinski definition) is 0. The molecule has 0 bridgehead atoms. The van der Waals surface area contributed by atoms with Gasteiger partial charge in [-0.2, -0.15) is 0 Å². The van der Waals surface area contributed by atoms with Crippen LogP contribution in [0.15, 0.2) is 12.2 Å². The summed E-state index contributed by atoms with van der Waals surface area (Å²) in [6, 6.07) is 0.304. The van der Waals surface area contributed by atoms with Crippen molar-refractivity contribution in [3.8, 4) is 0 Å². The van der Waals surface area contributed by atoms with Gasteiger partial charge in [-0.1, -0.05) is 89.7 Å². The maximum absolute atomic E-state index is 11.1. The number of hydrogen-bond acceptors (Lipinski definition) is 5. The highest BCUT2D eigenvalue weighted by Crippen LogP contribution is 2.10. The largest absolute Gasteiger partial charge is 0.469 e. The van der Waals surface area contributed by atoms with E-state index >= 15 is 0 Å². The van der Waals surface area contributed by atoms with Crippen molar-refractivity contribution in [1.29, 1.82) is 0 Å². The number of nitrogens with zero attached hydrogens (tertiary/aromatic N) is 1. The zero-order chi connectivity index (χ0) is 26.5. The third kappa shape index (κ3) is 26.2. The number of rotatable bonds is 28. The van der Waals surface area contributed by atoms with Crippen molar-refractivity contribution >= 4 is 5.97 Å². The van der Waals surface area contributed by atoms with Gasteiger partial charge in [0.25, 0.3) is 0 Å². The van der Waals surface area contributed by atoms with E-state index in [1.807, 2.05) is 0 Å². The molecule has 0 heterocycles. The first-order valence-electron chi connectivity index (χ1n) is 15.2. The number of allylic oxidation sites excluding steroid dienone is 2. The van der Waals surface area contributed by atoms with E-state index in [2.05, 4.69) is 42.8 Å². The molecule has 0 saturated heterocycles. The quantitative estimate of drug-likeness (QED) is 0.0603. The molecule has 36 heavy (non-hydrogen) atoms. The van der Waals surface area contributed by atoms with Crippen LogP contribution in [0.3, 0.4) is 0 Å². The lowest BCUT2D eigenvalue weighted by Crippen LogP contribution is -2.37. The van der Waals surface area contributed by atoms with Crippen molar-refractivity contribution in [2.75, 3.05) is 47.6 Å². The highest BCUT2D eigenvalue weighted by Gasteiger charge is 2.11. The van der Waals surface area contributed by atoms with Gasteiger partial charge < -0.3 is 19.1 Å². The molecular weight excluding hydrogens is 450 g/mol. The minimum absolute atomic E-state index is 0.114. The molecule has 214 valence electrons. The molecule has 5 heteroatoms. The molecule has 0 spiro atoms. The van der Waals surface area contributed by atoms with Gasteiger partial charge in [-0.25, -0.2) is 0 Å². The first-order valence-corrected chi connectivity index (χ1v) is 15.2. The third-order valence-electron chi connectivity index (χ3n) is 6.80. The molecule has 0 radical (unpaired) electrons. The molecule has 0 N–H and O–H groups in total. The second-order valence-corrected chi connectivity index (χ2v) is 10.4. The molecule has 5 nitrogen and oxygen atoms in total. The molecule has 0 saturated carbocycles. The van der Waals surface area contributed by atoms with Crippen LogP contribution in [-0.2, 0) is 19.0 Å². The summed E-state index contributed by atoms with van der Waals surface area (Å²) in [4.78, 5) is 13.3. The van der Waals surface area contributed by atoms with E-state index in [0.29, 0.717) is 19.1 Å². The predicted molar refractivity (Wildman–Crippen MR) is 154 cm³/mol. The topological polar surface area (TPSA) is 48.0 Å². The lowest BCUT2D eigenvalue weighted by atomic mass is 10.1. The van der Waals surface area contributed by atoms with Gasteiger partial charge in [-0.15, -0.1) is 0 Å². The standard InChI is InChI=1S/C31H61NO4/c1-5-6-7-8-9-10-11-12-13-14-15-16-17-18-20-23-26-35-28-30(32(2)3)29-36-27-24-21-19-22-25-31(33)34-4/h12-13,30H,5-11,14-29H2,1-4H3. The Kier molecular flexibility index (Phi) is 27.9. The van der Waals surface area contributed by atoms with Gasteiger partial charge in [-0.05, 0) is 59.0 Å². The van der Waals surface area contributed by atoms with Gasteiger partial charge in [0, 0.05) is 19.6 Å². The summed E-state index contributed by atoms with van der Waals surface area (Å²) in [6.07, 6.45) is 28.1. The van der Waals surface area contributed by atoms with Crippen LogP contribution in [0.25, 0.3) is 0 Å². The summed E-state index contributed by atoms with van der Waals surface area (Å²) >= 11 is 0. The second kappa shape index (κ2) is 28.7. The number of ether oxygens (including phenoxy) is 3. The van der Waals surface area contributed by atoms with E-state index in [1.165, 1.54) is 90.6 Å². The Morgan fingerprint density at radius 2 is 1.11 bits per heavy atom. The maximum Gasteiger partial charge on any atom is 0.305 e. The Morgan fingerprint density at radius 3 is 1.58 bits per heavy atom. The van der Waals surface area contributed by atoms with E-state index in [-0.39, 0.29) is 5.97 Å². The Hall–Kier alpha value is -0.910. The maximum atomic E-state index is 11.1. The molecule has 0 fully saturated rings. The molecule has 1 unspecified atom stereocenters. The van der Waals surface area contributed by atoms with E-state index in [4.69, 9.17) is 9.47 Å². The Balaban J connectivity index is 3.44. The van der Waals surface area contributed by atoms with Gasteiger partial charge >= 0.3 is 5.97 Å². The van der Waals surface area contributed by atoms with Crippen molar-refractivity contribution in [3.63, 3.8) is 0 Å². The van der Waals surface area contributed by atoms with Gasteiger partial charge in [-0.3, -0.25) is 4.79 Å².